The van der Waals surface area contributed by atoms with Crippen LogP contribution in [-0.4, -0.2) is 29.4 Å². The van der Waals surface area contributed by atoms with E-state index < -0.39 is 11.7 Å². The minimum absolute atomic E-state index is 0.427. The van der Waals surface area contributed by atoms with Crippen molar-refractivity contribution in [3.05, 3.63) is 29.8 Å². The van der Waals surface area contributed by atoms with Crippen molar-refractivity contribution in [2.75, 3.05) is 18.5 Å². The van der Waals surface area contributed by atoms with Crippen molar-refractivity contribution >= 4 is 5.69 Å². The first-order valence-corrected chi connectivity index (χ1v) is 6.72. The van der Waals surface area contributed by atoms with Gasteiger partial charge in [-0.2, -0.15) is 0 Å². The Hall–Kier alpha value is -1.06. The molecule has 100 valence electrons. The summed E-state index contributed by atoms with van der Waals surface area (Å²) in [6, 6.07) is 7.88. The van der Waals surface area contributed by atoms with Crippen molar-refractivity contribution < 1.29 is 10.2 Å². The monoisotopic (exact) mass is 249 g/mol. The number of benzene rings is 1. The molecule has 0 aromatic heterocycles. The molecule has 0 heterocycles. The summed E-state index contributed by atoms with van der Waals surface area (Å²) in [7, 11) is 2.01. The summed E-state index contributed by atoms with van der Waals surface area (Å²) in [5.41, 5.74) is 1.49. The lowest BCUT2D eigenvalue weighted by atomic mass is 10.0. The van der Waals surface area contributed by atoms with Gasteiger partial charge < -0.3 is 15.1 Å². The topological polar surface area (TPSA) is 43.7 Å². The van der Waals surface area contributed by atoms with Crippen molar-refractivity contribution in [2.45, 2.75) is 44.3 Å². The zero-order chi connectivity index (χ0) is 13.2. The molecule has 0 aliphatic heterocycles. The fourth-order valence-corrected chi connectivity index (χ4v) is 2.73. The minimum atomic E-state index is -0.516. The summed E-state index contributed by atoms with van der Waals surface area (Å²) in [6.45, 7) is 2.45. The predicted octanol–water partition coefficient (Wildman–Crippen LogP) is 2.48. The molecule has 1 aromatic carbocycles. The Morgan fingerprint density at radius 2 is 1.78 bits per heavy atom. The number of anilines is 1. The van der Waals surface area contributed by atoms with Crippen LogP contribution in [0.3, 0.4) is 0 Å². The second-order valence-corrected chi connectivity index (χ2v) is 5.56. The van der Waals surface area contributed by atoms with Gasteiger partial charge in [-0.3, -0.25) is 0 Å². The summed E-state index contributed by atoms with van der Waals surface area (Å²) >= 11 is 0. The van der Waals surface area contributed by atoms with Crippen molar-refractivity contribution in [1.29, 1.82) is 0 Å². The van der Waals surface area contributed by atoms with Crippen molar-refractivity contribution in [1.82, 2.24) is 0 Å². The van der Waals surface area contributed by atoms with Crippen LogP contribution in [0.2, 0.25) is 0 Å². The van der Waals surface area contributed by atoms with E-state index in [0.717, 1.165) is 36.9 Å². The Morgan fingerprint density at radius 3 is 2.28 bits per heavy atom. The number of nitrogens with zero attached hydrogens (tertiary/aromatic N) is 1. The van der Waals surface area contributed by atoms with Gasteiger partial charge in [-0.25, -0.2) is 0 Å². The third-order valence-corrected chi connectivity index (χ3v) is 3.88. The van der Waals surface area contributed by atoms with Gasteiger partial charge in [0, 0.05) is 19.3 Å². The predicted molar refractivity (Wildman–Crippen MR) is 73.8 cm³/mol. The van der Waals surface area contributed by atoms with Crippen LogP contribution in [0.25, 0.3) is 0 Å². The van der Waals surface area contributed by atoms with Crippen LogP contribution >= 0.6 is 0 Å². The second-order valence-electron chi connectivity index (χ2n) is 5.56. The quantitative estimate of drug-likeness (QED) is 0.861. The molecule has 2 N–H and O–H groups in total. The molecule has 3 heteroatoms. The van der Waals surface area contributed by atoms with Crippen LogP contribution in [0.15, 0.2) is 24.3 Å². The van der Waals surface area contributed by atoms with Crippen LogP contribution in [0, 0.1) is 0 Å². The molecular formula is C15H23NO2. The van der Waals surface area contributed by atoms with Gasteiger partial charge in [-0.05, 0) is 37.5 Å². The fourth-order valence-electron chi connectivity index (χ4n) is 2.73. The van der Waals surface area contributed by atoms with Gasteiger partial charge in [-0.1, -0.05) is 25.0 Å². The normalized spacial score (nSPS) is 19.8. The first kappa shape index (κ1) is 13.4. The molecule has 2 rings (SSSR count). The van der Waals surface area contributed by atoms with Gasteiger partial charge in [0.05, 0.1) is 11.7 Å². The van der Waals surface area contributed by atoms with Gasteiger partial charge >= 0.3 is 0 Å². The third-order valence-electron chi connectivity index (χ3n) is 3.88. The highest BCUT2D eigenvalue weighted by Crippen LogP contribution is 2.31. The SMILES string of the molecule is CC(O)c1ccc(N(C)CC2(O)CCCC2)cc1. The zero-order valence-corrected chi connectivity index (χ0v) is 11.3. The molecule has 0 bridgehead atoms. The zero-order valence-electron chi connectivity index (χ0n) is 11.3. The molecule has 1 aliphatic rings. The Balaban J connectivity index is 2.02. The van der Waals surface area contributed by atoms with E-state index in [2.05, 4.69) is 4.90 Å². The number of hydrogen-bond donors (Lipinski definition) is 2. The Morgan fingerprint density at radius 1 is 1.22 bits per heavy atom. The van der Waals surface area contributed by atoms with Crippen molar-refractivity contribution in [2.24, 2.45) is 0 Å². The lowest BCUT2D eigenvalue weighted by molar-refractivity contribution is 0.0559. The summed E-state index contributed by atoms with van der Waals surface area (Å²) in [5, 5.41) is 19.9. The number of likely N-dealkylation sites (N-methyl/N-ethyl adjacent to an activating group) is 1. The molecule has 3 nitrogen and oxygen atoms in total. The average Bonchev–Trinajstić information content (AvgIpc) is 2.76. The van der Waals surface area contributed by atoms with Gasteiger partial charge in [0.2, 0.25) is 0 Å². The molecule has 0 radical (unpaired) electrons. The molecule has 0 spiro atoms. The van der Waals surface area contributed by atoms with Crippen LogP contribution in [0.1, 0.15) is 44.3 Å². The largest absolute Gasteiger partial charge is 0.389 e. The number of aliphatic hydroxyl groups excluding tert-OH is 1. The standard InChI is InChI=1S/C15H23NO2/c1-12(17)13-5-7-14(8-6-13)16(2)11-15(18)9-3-4-10-15/h5-8,12,17-18H,3-4,9-11H2,1-2H3. The first-order valence-electron chi connectivity index (χ1n) is 6.72. The molecule has 1 saturated carbocycles. The lowest BCUT2D eigenvalue weighted by Gasteiger charge is -2.30. The van der Waals surface area contributed by atoms with Crippen molar-refractivity contribution in [3.8, 4) is 0 Å². The second kappa shape index (κ2) is 5.29. The molecule has 1 aliphatic carbocycles. The smallest absolute Gasteiger partial charge is 0.0821 e. The molecular weight excluding hydrogens is 226 g/mol. The molecule has 1 unspecified atom stereocenters. The number of hydrogen-bond acceptors (Lipinski definition) is 3. The van der Waals surface area contributed by atoms with Gasteiger partial charge in [0.25, 0.3) is 0 Å². The highest BCUT2D eigenvalue weighted by atomic mass is 16.3. The lowest BCUT2D eigenvalue weighted by Crippen LogP contribution is -2.39. The Labute approximate surface area is 109 Å². The summed E-state index contributed by atoms with van der Waals surface area (Å²) in [4.78, 5) is 2.09. The molecule has 1 atom stereocenters. The van der Waals surface area contributed by atoms with Crippen LogP contribution in [-0.2, 0) is 0 Å². The van der Waals surface area contributed by atoms with E-state index in [1.54, 1.807) is 6.92 Å². The summed E-state index contributed by atoms with van der Waals surface area (Å²) in [6.07, 6.45) is 3.64. The molecule has 1 aromatic rings. The van der Waals surface area contributed by atoms with Gasteiger partial charge in [0.15, 0.2) is 0 Å². The Bertz CT molecular complexity index is 380. The van der Waals surface area contributed by atoms with Crippen LogP contribution in [0.5, 0.6) is 0 Å². The van der Waals surface area contributed by atoms with Gasteiger partial charge in [-0.15, -0.1) is 0 Å². The highest BCUT2D eigenvalue weighted by molar-refractivity contribution is 5.47. The van der Waals surface area contributed by atoms with E-state index >= 15 is 0 Å². The van der Waals surface area contributed by atoms with Crippen molar-refractivity contribution in [3.63, 3.8) is 0 Å². The Kier molecular flexibility index (Phi) is 3.93. The summed E-state index contributed by atoms with van der Waals surface area (Å²) in [5.74, 6) is 0. The molecule has 0 saturated heterocycles. The van der Waals surface area contributed by atoms with Crippen LogP contribution < -0.4 is 4.90 Å². The van der Waals surface area contributed by atoms with Crippen LogP contribution in [0.4, 0.5) is 5.69 Å². The highest BCUT2D eigenvalue weighted by Gasteiger charge is 2.32. The van der Waals surface area contributed by atoms with E-state index in [0.29, 0.717) is 6.54 Å². The minimum Gasteiger partial charge on any atom is -0.389 e. The van der Waals surface area contributed by atoms with E-state index in [4.69, 9.17) is 0 Å². The van der Waals surface area contributed by atoms with E-state index in [9.17, 15) is 10.2 Å². The average molecular weight is 249 g/mol. The maximum atomic E-state index is 10.4. The fraction of sp³-hybridized carbons (Fsp3) is 0.600. The summed E-state index contributed by atoms with van der Waals surface area (Å²) < 4.78 is 0. The maximum absolute atomic E-state index is 10.4. The first-order chi connectivity index (χ1) is 8.50. The maximum Gasteiger partial charge on any atom is 0.0821 e. The van der Waals surface area contributed by atoms with E-state index in [-0.39, 0.29) is 0 Å². The van der Waals surface area contributed by atoms with E-state index in [1.807, 2.05) is 31.3 Å². The van der Waals surface area contributed by atoms with E-state index in [1.165, 1.54) is 0 Å². The number of aliphatic hydroxyl groups is 2. The third kappa shape index (κ3) is 3.03. The molecule has 0 amide bonds. The molecule has 1 fully saturated rings. The van der Waals surface area contributed by atoms with Gasteiger partial charge in [0.1, 0.15) is 0 Å². The molecule has 18 heavy (non-hydrogen) atoms. The number of rotatable bonds is 4.